The Morgan fingerprint density at radius 3 is 1.22 bits per heavy atom. The first-order chi connectivity index (χ1) is 28.5. The Kier molecular flexibility index (Phi) is 46.2. The number of amides is 1. The van der Waals surface area contributed by atoms with Crippen molar-refractivity contribution >= 4 is 11.9 Å². The van der Waals surface area contributed by atoms with Crippen LogP contribution in [0.15, 0.2) is 36.5 Å². The van der Waals surface area contributed by atoms with Crippen LogP contribution in [0.2, 0.25) is 0 Å². The summed E-state index contributed by atoms with van der Waals surface area (Å²) in [7, 11) is 0. The number of hydrogen-bond donors (Lipinski definition) is 3. The normalized spacial score (nSPS) is 13.0. The lowest BCUT2D eigenvalue weighted by atomic mass is 10.1. The minimum absolute atomic E-state index is 0.0398. The molecule has 0 saturated heterocycles. The van der Waals surface area contributed by atoms with Crippen LogP contribution in [-0.2, 0) is 14.3 Å². The highest BCUT2D eigenvalue weighted by Gasteiger charge is 2.18. The maximum absolute atomic E-state index is 12.4. The number of hydrogen-bond acceptors (Lipinski definition) is 5. The van der Waals surface area contributed by atoms with E-state index >= 15 is 0 Å². The molecule has 340 valence electrons. The van der Waals surface area contributed by atoms with Crippen LogP contribution in [0, 0.1) is 0 Å². The number of carbonyl (C=O) groups is 2. The number of ether oxygens (including phenoxy) is 1. The number of allylic oxidation sites excluding steroid dienone is 5. The van der Waals surface area contributed by atoms with Crippen molar-refractivity contribution in [2.75, 3.05) is 13.2 Å². The van der Waals surface area contributed by atoms with Gasteiger partial charge in [0.1, 0.15) is 0 Å². The van der Waals surface area contributed by atoms with Gasteiger partial charge in [-0.15, -0.1) is 0 Å². The average molecular weight is 816 g/mol. The minimum atomic E-state index is -0.865. The highest BCUT2D eigenvalue weighted by Crippen LogP contribution is 2.14. The molecule has 6 nitrogen and oxygen atoms in total. The van der Waals surface area contributed by atoms with Crippen molar-refractivity contribution in [1.29, 1.82) is 0 Å². The van der Waals surface area contributed by atoms with Crippen LogP contribution < -0.4 is 5.32 Å². The Balaban J connectivity index is 3.53. The molecule has 3 N–H and O–H groups in total. The van der Waals surface area contributed by atoms with Gasteiger partial charge in [-0.2, -0.15) is 0 Å². The fourth-order valence-electron chi connectivity index (χ4n) is 7.44. The van der Waals surface area contributed by atoms with E-state index in [4.69, 9.17) is 4.74 Å². The smallest absolute Gasteiger partial charge is 0.305 e. The molecule has 0 fully saturated rings. The third-order valence-corrected chi connectivity index (χ3v) is 11.4. The SMILES string of the molecule is CCCCCCCC/C=C\CCCCCCCCCCCC(=O)OCCCC/C=C\CCCCCCC(=O)NC(CO)C(O)/C=C/CCCCCCCCCCCC. The summed E-state index contributed by atoms with van der Waals surface area (Å²) in [6, 6.07) is -0.652. The number of nitrogens with one attached hydrogen (secondary N) is 1. The number of esters is 1. The lowest BCUT2D eigenvalue weighted by molar-refractivity contribution is -0.143. The summed E-state index contributed by atoms with van der Waals surface area (Å²) < 4.78 is 5.44. The third kappa shape index (κ3) is 43.7. The second-order valence-electron chi connectivity index (χ2n) is 17.1. The molecular weight excluding hydrogens is 719 g/mol. The van der Waals surface area contributed by atoms with E-state index in [1.807, 2.05) is 6.08 Å². The topological polar surface area (TPSA) is 95.9 Å². The number of unbranched alkanes of at least 4 members (excludes halogenated alkanes) is 31. The van der Waals surface area contributed by atoms with Crippen LogP contribution in [0.3, 0.4) is 0 Å². The predicted octanol–water partition coefficient (Wildman–Crippen LogP) is 14.9. The van der Waals surface area contributed by atoms with E-state index in [9.17, 15) is 19.8 Å². The van der Waals surface area contributed by atoms with Crippen LogP contribution in [0.5, 0.6) is 0 Å². The molecule has 0 aromatic carbocycles. The molecule has 2 atom stereocenters. The molecule has 0 radical (unpaired) electrons. The van der Waals surface area contributed by atoms with Gasteiger partial charge in [-0.25, -0.2) is 0 Å². The third-order valence-electron chi connectivity index (χ3n) is 11.4. The van der Waals surface area contributed by atoms with E-state index in [-0.39, 0.29) is 18.5 Å². The molecule has 0 aromatic heterocycles. The summed E-state index contributed by atoms with van der Waals surface area (Å²) in [5.74, 6) is -0.145. The zero-order valence-corrected chi connectivity index (χ0v) is 38.5. The highest BCUT2D eigenvalue weighted by molar-refractivity contribution is 5.76. The Bertz CT molecular complexity index is 946. The Labute approximate surface area is 360 Å². The lowest BCUT2D eigenvalue weighted by Gasteiger charge is -2.20. The van der Waals surface area contributed by atoms with Crippen molar-refractivity contribution in [2.45, 2.75) is 270 Å². The molecule has 0 heterocycles. The van der Waals surface area contributed by atoms with E-state index in [2.05, 4.69) is 43.5 Å². The fraction of sp³-hybridized carbons (Fsp3) is 0.846. The first-order valence-corrected chi connectivity index (χ1v) is 25.3. The maximum atomic E-state index is 12.4. The zero-order chi connectivity index (χ0) is 42.3. The molecule has 0 aliphatic carbocycles. The first kappa shape index (κ1) is 56.1. The van der Waals surface area contributed by atoms with Crippen LogP contribution in [0.25, 0.3) is 0 Å². The summed E-state index contributed by atoms with van der Waals surface area (Å²) in [6.07, 6.45) is 57.2. The fourth-order valence-corrected chi connectivity index (χ4v) is 7.44. The number of aliphatic hydroxyl groups excluding tert-OH is 2. The maximum Gasteiger partial charge on any atom is 0.305 e. The number of carbonyl (C=O) groups excluding carboxylic acids is 2. The minimum Gasteiger partial charge on any atom is -0.466 e. The first-order valence-electron chi connectivity index (χ1n) is 25.3. The predicted molar refractivity (Wildman–Crippen MR) is 250 cm³/mol. The van der Waals surface area contributed by atoms with E-state index in [0.717, 1.165) is 77.0 Å². The molecule has 6 heteroatoms. The van der Waals surface area contributed by atoms with Gasteiger partial charge in [0.15, 0.2) is 0 Å². The molecule has 1 amide bonds. The number of aliphatic hydroxyl groups is 2. The van der Waals surface area contributed by atoms with Gasteiger partial charge in [0.2, 0.25) is 5.91 Å². The standard InChI is InChI=1S/C52H97NO5/c1-3-5-7-9-11-13-15-17-18-19-20-21-22-23-25-30-34-38-42-46-52(57)58-47-43-39-35-31-27-26-29-33-37-41-45-51(56)53-49(48-54)50(55)44-40-36-32-28-24-16-14-12-10-8-6-4-2/h17-18,27,31,40,44,49-50,54-55H,3-16,19-26,28-30,32-39,41-43,45-48H2,1-2H3,(H,53,56)/b18-17-,31-27-,44-40+. The Hall–Kier alpha value is -1.92. The second kappa shape index (κ2) is 47.8. The lowest BCUT2D eigenvalue weighted by Crippen LogP contribution is -2.45. The summed E-state index contributed by atoms with van der Waals surface area (Å²) in [4.78, 5) is 24.4. The van der Waals surface area contributed by atoms with Gasteiger partial charge >= 0.3 is 5.97 Å². The van der Waals surface area contributed by atoms with Gasteiger partial charge in [-0.05, 0) is 83.5 Å². The summed E-state index contributed by atoms with van der Waals surface area (Å²) >= 11 is 0. The van der Waals surface area contributed by atoms with Gasteiger partial charge in [0.05, 0.1) is 25.4 Å². The van der Waals surface area contributed by atoms with Crippen LogP contribution in [-0.4, -0.2) is 47.4 Å². The largest absolute Gasteiger partial charge is 0.466 e. The van der Waals surface area contributed by atoms with Gasteiger partial charge in [-0.3, -0.25) is 9.59 Å². The number of rotatable bonds is 46. The van der Waals surface area contributed by atoms with E-state index < -0.39 is 12.1 Å². The summed E-state index contributed by atoms with van der Waals surface area (Å²) in [5, 5.41) is 22.9. The van der Waals surface area contributed by atoms with E-state index in [0.29, 0.717) is 19.4 Å². The van der Waals surface area contributed by atoms with Gasteiger partial charge in [-0.1, -0.05) is 198 Å². The van der Waals surface area contributed by atoms with Crippen molar-refractivity contribution in [2.24, 2.45) is 0 Å². The van der Waals surface area contributed by atoms with Crippen LogP contribution in [0.1, 0.15) is 258 Å². The van der Waals surface area contributed by atoms with Crippen molar-refractivity contribution in [3.8, 4) is 0 Å². The van der Waals surface area contributed by atoms with E-state index in [1.54, 1.807) is 6.08 Å². The van der Waals surface area contributed by atoms with Crippen molar-refractivity contribution in [3.63, 3.8) is 0 Å². The quantitative estimate of drug-likeness (QED) is 0.0323. The molecule has 0 saturated carbocycles. The summed E-state index contributed by atoms with van der Waals surface area (Å²) in [5.41, 5.74) is 0. The molecule has 2 unspecified atom stereocenters. The van der Waals surface area contributed by atoms with E-state index in [1.165, 1.54) is 154 Å². The van der Waals surface area contributed by atoms with Gasteiger partial charge in [0.25, 0.3) is 0 Å². The molecular formula is C52H97NO5. The zero-order valence-electron chi connectivity index (χ0n) is 38.5. The Morgan fingerprint density at radius 2 is 0.810 bits per heavy atom. The molecule has 0 aliphatic rings. The van der Waals surface area contributed by atoms with Crippen LogP contribution >= 0.6 is 0 Å². The van der Waals surface area contributed by atoms with Gasteiger partial charge in [0, 0.05) is 12.8 Å². The molecule has 0 bridgehead atoms. The highest BCUT2D eigenvalue weighted by atomic mass is 16.5. The monoisotopic (exact) mass is 816 g/mol. The average Bonchev–Trinajstić information content (AvgIpc) is 3.22. The molecule has 0 rings (SSSR count). The molecule has 0 aromatic rings. The second-order valence-corrected chi connectivity index (χ2v) is 17.1. The molecule has 0 aliphatic heterocycles. The molecule has 58 heavy (non-hydrogen) atoms. The van der Waals surface area contributed by atoms with Gasteiger partial charge < -0.3 is 20.3 Å². The van der Waals surface area contributed by atoms with Crippen molar-refractivity contribution < 1.29 is 24.5 Å². The van der Waals surface area contributed by atoms with Crippen molar-refractivity contribution in [1.82, 2.24) is 5.32 Å². The van der Waals surface area contributed by atoms with Crippen molar-refractivity contribution in [3.05, 3.63) is 36.5 Å². The Morgan fingerprint density at radius 1 is 0.466 bits per heavy atom. The van der Waals surface area contributed by atoms with Crippen LogP contribution in [0.4, 0.5) is 0 Å². The summed E-state index contributed by atoms with van der Waals surface area (Å²) in [6.45, 7) is 4.79. The molecule has 0 spiro atoms.